The molecule has 4 aromatic rings. The molecule has 1 aliphatic rings. The number of carbonyl (C=O) groups excluding carboxylic acids is 1. The number of hydrogen-bond acceptors (Lipinski definition) is 8. The molecule has 0 radical (unpaired) electrons. The van der Waals surface area contributed by atoms with Crippen molar-refractivity contribution in [3.05, 3.63) is 83.9 Å². The minimum absolute atomic E-state index is 0.0987. The van der Waals surface area contributed by atoms with Gasteiger partial charge in [-0.05, 0) is 59.2 Å². The van der Waals surface area contributed by atoms with E-state index in [9.17, 15) is 4.79 Å². The predicted octanol–water partition coefficient (Wildman–Crippen LogP) is 4.20. The van der Waals surface area contributed by atoms with Gasteiger partial charge in [0.15, 0.2) is 0 Å². The Balaban J connectivity index is 1.20. The van der Waals surface area contributed by atoms with Crippen LogP contribution in [0.15, 0.2) is 72.1 Å². The van der Waals surface area contributed by atoms with E-state index in [0.29, 0.717) is 29.5 Å². The first-order valence-electron chi connectivity index (χ1n) is 11.4. The Morgan fingerprint density at radius 3 is 2.58 bits per heavy atom. The number of benzene rings is 2. The summed E-state index contributed by atoms with van der Waals surface area (Å²) >= 11 is 1.35. The Hall–Kier alpha value is -3.83. The summed E-state index contributed by atoms with van der Waals surface area (Å²) in [6.07, 6.45) is 2.66. The molecule has 1 unspecified atom stereocenters. The van der Waals surface area contributed by atoms with Crippen molar-refractivity contribution in [1.82, 2.24) is 30.9 Å². The van der Waals surface area contributed by atoms with E-state index >= 15 is 4.39 Å². The van der Waals surface area contributed by atoms with Crippen LogP contribution in [0.25, 0.3) is 11.1 Å². The number of nitrogens with one attached hydrogen (secondary N) is 2. The molecule has 1 aliphatic heterocycles. The maximum absolute atomic E-state index is 15.1. The van der Waals surface area contributed by atoms with Gasteiger partial charge in [-0.3, -0.25) is 9.88 Å². The van der Waals surface area contributed by atoms with Crippen LogP contribution in [0.2, 0.25) is 0 Å². The lowest BCUT2D eigenvalue weighted by molar-refractivity contribution is 0.142. The first kappa shape index (κ1) is 23.9. The summed E-state index contributed by atoms with van der Waals surface area (Å²) in [5.74, 6) is -0.401. The second-order valence-electron chi connectivity index (χ2n) is 8.37. The number of pyridine rings is 1. The Morgan fingerprint density at radius 2 is 1.89 bits per heavy atom. The molecule has 0 saturated carbocycles. The molecule has 2 aromatic carbocycles. The van der Waals surface area contributed by atoms with Crippen molar-refractivity contribution in [2.75, 3.05) is 11.4 Å². The van der Waals surface area contributed by atoms with E-state index in [1.165, 1.54) is 22.7 Å². The van der Waals surface area contributed by atoms with Crippen LogP contribution in [0.1, 0.15) is 18.1 Å². The number of rotatable bonds is 9. The standard InChI is InChI=1S/C25H24FN7O2S/c1-16(36-24-29-31-32-30-24)23-15-33(25(34)35-23)20-6-7-21(22(26)12-20)19-4-2-17(3-5-19)13-28-14-18-8-10-27-11-9-18/h2-12,16,23,28H,13-15H2,1H3,(H,29,30,31,32)/t16?,23-/m1/s1. The SMILES string of the molecule is CC(Sc1nn[nH]n1)[C@H]1CN(c2ccc(-c3ccc(CNCc4ccncc4)cc3)c(F)c2)C(=O)O1. The molecule has 1 saturated heterocycles. The normalized spacial score (nSPS) is 16.2. The highest BCUT2D eigenvalue weighted by Gasteiger charge is 2.36. The molecule has 0 aliphatic carbocycles. The van der Waals surface area contributed by atoms with Crippen molar-refractivity contribution in [3.63, 3.8) is 0 Å². The van der Waals surface area contributed by atoms with E-state index in [1.807, 2.05) is 43.3 Å². The summed E-state index contributed by atoms with van der Waals surface area (Å²) in [7, 11) is 0. The summed E-state index contributed by atoms with van der Waals surface area (Å²) in [5.41, 5.74) is 3.96. The van der Waals surface area contributed by atoms with Crippen LogP contribution in [-0.2, 0) is 17.8 Å². The monoisotopic (exact) mass is 505 g/mol. The van der Waals surface area contributed by atoms with Crippen molar-refractivity contribution < 1.29 is 13.9 Å². The molecule has 9 nitrogen and oxygen atoms in total. The van der Waals surface area contributed by atoms with Crippen LogP contribution in [-0.4, -0.2) is 49.6 Å². The van der Waals surface area contributed by atoms with Crippen molar-refractivity contribution in [2.45, 2.75) is 36.5 Å². The molecule has 2 atom stereocenters. The fourth-order valence-corrected chi connectivity index (χ4v) is 4.75. The van der Waals surface area contributed by atoms with E-state index in [2.05, 4.69) is 30.9 Å². The summed E-state index contributed by atoms with van der Waals surface area (Å²) in [5, 5.41) is 17.5. The smallest absolute Gasteiger partial charge is 0.414 e. The quantitative estimate of drug-likeness (QED) is 0.326. The van der Waals surface area contributed by atoms with Crippen molar-refractivity contribution >= 4 is 23.5 Å². The molecule has 1 amide bonds. The van der Waals surface area contributed by atoms with E-state index < -0.39 is 11.9 Å². The van der Waals surface area contributed by atoms with Gasteiger partial charge in [-0.1, -0.05) is 36.0 Å². The Labute approximate surface area is 211 Å². The number of H-pyrrole nitrogens is 1. The number of tetrazole rings is 1. The number of halogens is 1. The average Bonchev–Trinajstić information content (AvgIpc) is 3.55. The number of ether oxygens (including phenoxy) is 1. The maximum Gasteiger partial charge on any atom is 0.414 e. The second-order valence-corrected chi connectivity index (χ2v) is 9.71. The van der Waals surface area contributed by atoms with Gasteiger partial charge >= 0.3 is 6.09 Å². The van der Waals surface area contributed by atoms with Crippen LogP contribution in [0.3, 0.4) is 0 Å². The third-order valence-corrected chi connectivity index (χ3v) is 6.97. The third-order valence-electron chi connectivity index (χ3n) is 5.91. The van der Waals surface area contributed by atoms with Crippen molar-refractivity contribution in [3.8, 4) is 11.1 Å². The average molecular weight is 506 g/mol. The molecule has 2 N–H and O–H groups in total. The van der Waals surface area contributed by atoms with E-state index in [-0.39, 0.29) is 11.4 Å². The van der Waals surface area contributed by atoms with Crippen molar-refractivity contribution in [2.24, 2.45) is 0 Å². The fraction of sp³-hybridized carbons (Fsp3) is 0.240. The number of aromatic amines is 1. The molecule has 0 bridgehead atoms. The molecule has 1 fully saturated rings. The largest absolute Gasteiger partial charge is 0.443 e. The molecule has 3 heterocycles. The van der Waals surface area contributed by atoms with E-state index in [1.54, 1.807) is 24.5 Å². The van der Waals surface area contributed by atoms with Gasteiger partial charge in [0.1, 0.15) is 11.9 Å². The Bertz CT molecular complexity index is 1310. The van der Waals surface area contributed by atoms with Crippen LogP contribution >= 0.6 is 11.8 Å². The lowest BCUT2D eigenvalue weighted by Gasteiger charge is -2.16. The Kier molecular flexibility index (Phi) is 7.19. The lowest BCUT2D eigenvalue weighted by atomic mass is 10.0. The zero-order valence-electron chi connectivity index (χ0n) is 19.5. The number of carbonyl (C=O) groups is 1. The molecule has 2 aromatic heterocycles. The number of amides is 1. The van der Waals surface area contributed by atoms with Gasteiger partial charge < -0.3 is 10.1 Å². The van der Waals surface area contributed by atoms with Gasteiger partial charge in [-0.2, -0.15) is 5.21 Å². The minimum atomic E-state index is -0.503. The molecule has 5 rings (SSSR count). The van der Waals surface area contributed by atoms with Gasteiger partial charge in [-0.15, -0.1) is 10.2 Å². The highest BCUT2D eigenvalue weighted by Crippen LogP contribution is 2.32. The Morgan fingerprint density at radius 1 is 1.14 bits per heavy atom. The molecule has 36 heavy (non-hydrogen) atoms. The molecule has 184 valence electrons. The first-order valence-corrected chi connectivity index (χ1v) is 12.3. The second kappa shape index (κ2) is 10.8. The molecule has 11 heteroatoms. The third kappa shape index (κ3) is 5.52. The van der Waals surface area contributed by atoms with Crippen LogP contribution in [0, 0.1) is 5.82 Å². The number of aromatic nitrogens is 5. The van der Waals surface area contributed by atoms with E-state index in [0.717, 1.165) is 23.2 Å². The topological polar surface area (TPSA) is 109 Å². The van der Waals surface area contributed by atoms with Gasteiger partial charge in [0.2, 0.25) is 5.16 Å². The zero-order valence-corrected chi connectivity index (χ0v) is 20.3. The van der Waals surface area contributed by atoms with Gasteiger partial charge in [0.05, 0.1) is 12.2 Å². The van der Waals surface area contributed by atoms with E-state index in [4.69, 9.17) is 4.74 Å². The summed E-state index contributed by atoms with van der Waals surface area (Å²) < 4.78 is 20.6. The summed E-state index contributed by atoms with van der Waals surface area (Å²) in [6.45, 7) is 3.68. The fourth-order valence-electron chi connectivity index (χ4n) is 3.94. The maximum atomic E-state index is 15.1. The summed E-state index contributed by atoms with van der Waals surface area (Å²) in [6, 6.07) is 16.5. The number of thioether (sulfide) groups is 1. The van der Waals surface area contributed by atoms with Crippen LogP contribution in [0.4, 0.5) is 14.9 Å². The lowest BCUT2D eigenvalue weighted by Crippen LogP contribution is -2.28. The summed E-state index contributed by atoms with van der Waals surface area (Å²) in [4.78, 5) is 18.0. The highest BCUT2D eigenvalue weighted by molar-refractivity contribution is 7.99. The van der Waals surface area contributed by atoms with Gasteiger partial charge in [0, 0.05) is 36.3 Å². The minimum Gasteiger partial charge on any atom is -0.443 e. The first-order chi connectivity index (χ1) is 17.6. The zero-order chi connectivity index (χ0) is 24.9. The van der Waals surface area contributed by atoms with Crippen molar-refractivity contribution in [1.29, 1.82) is 0 Å². The molecular weight excluding hydrogens is 481 g/mol. The van der Waals surface area contributed by atoms with Gasteiger partial charge in [0.25, 0.3) is 0 Å². The number of cyclic esters (lactones) is 1. The molecular formula is C25H24FN7O2S. The highest BCUT2D eigenvalue weighted by atomic mass is 32.2. The number of hydrogen-bond donors (Lipinski definition) is 2. The predicted molar refractivity (Wildman–Crippen MR) is 134 cm³/mol. The number of nitrogens with zero attached hydrogens (tertiary/aromatic N) is 5. The number of anilines is 1. The van der Waals surface area contributed by atoms with Crippen LogP contribution < -0.4 is 10.2 Å². The van der Waals surface area contributed by atoms with Gasteiger partial charge in [-0.25, -0.2) is 9.18 Å². The van der Waals surface area contributed by atoms with Crippen LogP contribution in [0.5, 0.6) is 0 Å². The molecule has 0 spiro atoms.